The lowest BCUT2D eigenvalue weighted by atomic mass is 9.41. The molecule has 3 nitrogen and oxygen atoms in total. The van der Waals surface area contributed by atoms with Crippen molar-refractivity contribution in [1.29, 1.82) is 0 Å². The van der Waals surface area contributed by atoms with E-state index in [1.807, 2.05) is 0 Å². The fourth-order valence-electron chi connectivity index (χ4n) is 6.81. The summed E-state index contributed by atoms with van der Waals surface area (Å²) in [5.74, 6) is 1.45. The monoisotopic (exact) mass is 263 g/mol. The third-order valence-corrected chi connectivity index (χ3v) is 6.72. The van der Waals surface area contributed by atoms with Crippen LogP contribution >= 0.6 is 0 Å². The van der Waals surface area contributed by atoms with Crippen molar-refractivity contribution in [3.8, 4) is 0 Å². The molecule has 0 spiro atoms. The van der Waals surface area contributed by atoms with Crippen LogP contribution in [0.4, 0.5) is 0 Å². The molecule has 1 heterocycles. The van der Waals surface area contributed by atoms with Crippen molar-refractivity contribution in [2.75, 3.05) is 13.1 Å². The van der Waals surface area contributed by atoms with Crippen molar-refractivity contribution < 1.29 is 9.90 Å². The van der Waals surface area contributed by atoms with Gasteiger partial charge in [0.15, 0.2) is 0 Å². The van der Waals surface area contributed by atoms with Gasteiger partial charge < -0.3 is 10.4 Å². The van der Waals surface area contributed by atoms with Gasteiger partial charge in [-0.1, -0.05) is 6.92 Å². The van der Waals surface area contributed by atoms with Crippen molar-refractivity contribution in [2.24, 2.45) is 34.5 Å². The van der Waals surface area contributed by atoms with E-state index in [1.54, 1.807) is 0 Å². The standard InChI is InChI=1S/C16H25NO2/c1-15-3-10-2-11(4-15)6-16(5-10,9-15)13-8-17-7-12(13)14(18)19/h10-13,17H,2-9H2,1H3,(H,18,19). The first-order chi connectivity index (χ1) is 9.00. The highest BCUT2D eigenvalue weighted by atomic mass is 16.4. The van der Waals surface area contributed by atoms with Crippen LogP contribution in [0.5, 0.6) is 0 Å². The van der Waals surface area contributed by atoms with Gasteiger partial charge in [-0.3, -0.25) is 4.79 Å². The molecule has 0 aromatic carbocycles. The van der Waals surface area contributed by atoms with Gasteiger partial charge in [0.05, 0.1) is 5.92 Å². The maximum absolute atomic E-state index is 11.5. The Morgan fingerprint density at radius 1 is 1.16 bits per heavy atom. The van der Waals surface area contributed by atoms with Crippen molar-refractivity contribution in [3.63, 3.8) is 0 Å². The Bertz CT molecular complexity index is 405. The molecule has 4 unspecified atom stereocenters. The minimum atomic E-state index is -0.573. The highest BCUT2D eigenvalue weighted by Gasteiger charge is 2.60. The van der Waals surface area contributed by atoms with Crippen molar-refractivity contribution in [3.05, 3.63) is 0 Å². The molecular formula is C16H25NO2. The Balaban J connectivity index is 1.68. The maximum atomic E-state index is 11.5. The average molecular weight is 263 g/mol. The lowest BCUT2D eigenvalue weighted by Gasteiger charge is -2.63. The van der Waals surface area contributed by atoms with Crippen molar-refractivity contribution >= 4 is 5.97 Å². The second-order valence-corrected chi connectivity index (χ2v) is 8.34. The molecule has 4 atom stereocenters. The number of aliphatic carboxylic acids is 1. The second kappa shape index (κ2) is 3.75. The van der Waals surface area contributed by atoms with Gasteiger partial charge >= 0.3 is 5.97 Å². The Morgan fingerprint density at radius 3 is 2.42 bits per heavy atom. The summed E-state index contributed by atoms with van der Waals surface area (Å²) < 4.78 is 0. The van der Waals surface area contributed by atoms with Crippen LogP contribution in [0.25, 0.3) is 0 Å². The van der Waals surface area contributed by atoms with Crippen LogP contribution in [0.3, 0.4) is 0 Å². The predicted octanol–water partition coefficient (Wildman–Crippen LogP) is 2.51. The second-order valence-electron chi connectivity index (χ2n) is 8.34. The molecule has 1 aliphatic heterocycles. The van der Waals surface area contributed by atoms with Gasteiger partial charge in [0.25, 0.3) is 0 Å². The van der Waals surface area contributed by atoms with Gasteiger partial charge in [0, 0.05) is 6.54 Å². The third-order valence-electron chi connectivity index (χ3n) is 6.72. The minimum absolute atomic E-state index is 0.139. The van der Waals surface area contributed by atoms with Crippen LogP contribution in [-0.4, -0.2) is 24.2 Å². The number of carboxylic acid groups (broad SMARTS) is 1. The highest BCUT2D eigenvalue weighted by Crippen LogP contribution is 2.68. The summed E-state index contributed by atoms with van der Waals surface area (Å²) in [5, 5.41) is 12.9. The highest BCUT2D eigenvalue weighted by molar-refractivity contribution is 5.71. The molecule has 3 heteroatoms. The molecule has 1 saturated heterocycles. The van der Waals surface area contributed by atoms with Gasteiger partial charge in [-0.2, -0.15) is 0 Å². The molecule has 5 rings (SSSR count). The summed E-state index contributed by atoms with van der Waals surface area (Å²) in [5.41, 5.74) is 0.876. The van der Waals surface area contributed by atoms with Gasteiger partial charge in [-0.25, -0.2) is 0 Å². The van der Waals surface area contributed by atoms with E-state index in [0.29, 0.717) is 23.3 Å². The number of hydrogen-bond donors (Lipinski definition) is 2. The molecule has 19 heavy (non-hydrogen) atoms. The molecule has 0 radical (unpaired) electrons. The van der Waals surface area contributed by atoms with Gasteiger partial charge in [0.1, 0.15) is 0 Å². The molecule has 0 amide bonds. The predicted molar refractivity (Wildman–Crippen MR) is 72.7 cm³/mol. The number of carboxylic acids is 1. The van der Waals surface area contributed by atoms with Crippen LogP contribution in [0.15, 0.2) is 0 Å². The summed E-state index contributed by atoms with van der Waals surface area (Å²) >= 11 is 0. The van der Waals surface area contributed by atoms with E-state index in [4.69, 9.17) is 0 Å². The first-order valence-corrected chi connectivity index (χ1v) is 7.93. The molecule has 2 N–H and O–H groups in total. The molecule has 4 bridgehead atoms. The fourth-order valence-corrected chi connectivity index (χ4v) is 6.81. The Hall–Kier alpha value is -0.570. The van der Waals surface area contributed by atoms with E-state index in [-0.39, 0.29) is 5.92 Å². The normalized spacial score (nSPS) is 55.6. The quantitative estimate of drug-likeness (QED) is 0.805. The Labute approximate surface area is 115 Å². The van der Waals surface area contributed by atoms with Crippen LogP contribution < -0.4 is 5.32 Å². The fraction of sp³-hybridized carbons (Fsp3) is 0.938. The first kappa shape index (κ1) is 12.2. The summed E-state index contributed by atoms with van der Waals surface area (Å²) in [7, 11) is 0. The summed E-state index contributed by atoms with van der Waals surface area (Å²) in [6, 6.07) is 0. The molecule has 0 aromatic rings. The van der Waals surface area contributed by atoms with Gasteiger partial charge in [0.2, 0.25) is 0 Å². The summed E-state index contributed by atoms with van der Waals surface area (Å²) in [6.07, 6.45) is 8.16. The van der Waals surface area contributed by atoms with Crippen LogP contribution in [0.1, 0.15) is 45.4 Å². The average Bonchev–Trinajstić information content (AvgIpc) is 2.74. The number of nitrogens with one attached hydrogen (secondary N) is 1. The van der Waals surface area contributed by atoms with Gasteiger partial charge in [-0.05, 0) is 73.7 Å². The zero-order valence-corrected chi connectivity index (χ0v) is 11.8. The Morgan fingerprint density at radius 2 is 1.84 bits per heavy atom. The number of rotatable bonds is 2. The summed E-state index contributed by atoms with van der Waals surface area (Å²) in [6.45, 7) is 4.09. The number of carbonyl (C=O) groups is 1. The van der Waals surface area contributed by atoms with E-state index >= 15 is 0 Å². The van der Waals surface area contributed by atoms with E-state index in [0.717, 1.165) is 18.4 Å². The van der Waals surface area contributed by atoms with Crippen LogP contribution in [0.2, 0.25) is 0 Å². The Kier molecular flexibility index (Phi) is 2.41. The van der Waals surface area contributed by atoms with E-state index in [9.17, 15) is 9.90 Å². The summed E-state index contributed by atoms with van der Waals surface area (Å²) in [4.78, 5) is 11.5. The largest absolute Gasteiger partial charge is 0.481 e. The van der Waals surface area contributed by atoms with Crippen LogP contribution in [-0.2, 0) is 4.79 Å². The number of hydrogen-bond acceptors (Lipinski definition) is 2. The molecule has 4 saturated carbocycles. The molecule has 106 valence electrons. The van der Waals surface area contributed by atoms with E-state index in [1.165, 1.54) is 38.5 Å². The molecule has 5 fully saturated rings. The molecule has 0 aromatic heterocycles. The van der Waals surface area contributed by atoms with Crippen LogP contribution in [0, 0.1) is 34.5 Å². The van der Waals surface area contributed by atoms with E-state index < -0.39 is 5.97 Å². The van der Waals surface area contributed by atoms with E-state index in [2.05, 4.69) is 12.2 Å². The third kappa shape index (κ3) is 1.70. The zero-order chi connectivity index (χ0) is 13.3. The lowest BCUT2D eigenvalue weighted by molar-refractivity contribution is -0.156. The maximum Gasteiger partial charge on any atom is 0.308 e. The molecular weight excluding hydrogens is 238 g/mol. The molecule has 5 aliphatic rings. The smallest absolute Gasteiger partial charge is 0.308 e. The van der Waals surface area contributed by atoms with Gasteiger partial charge in [-0.15, -0.1) is 0 Å². The first-order valence-electron chi connectivity index (χ1n) is 7.93. The zero-order valence-electron chi connectivity index (χ0n) is 11.8. The van der Waals surface area contributed by atoms with Crippen molar-refractivity contribution in [2.45, 2.75) is 45.4 Å². The topological polar surface area (TPSA) is 49.3 Å². The minimum Gasteiger partial charge on any atom is -0.481 e. The lowest BCUT2D eigenvalue weighted by Crippen LogP contribution is -2.55. The SMILES string of the molecule is CC12CC3CC(C1)CC(C1CNCC1C(=O)O)(C3)C2. The van der Waals surface area contributed by atoms with Crippen molar-refractivity contribution in [1.82, 2.24) is 5.32 Å². The molecule has 4 aliphatic carbocycles.